The van der Waals surface area contributed by atoms with E-state index in [-0.39, 0.29) is 5.57 Å². The zero-order chi connectivity index (χ0) is 17.3. The fourth-order valence-electron chi connectivity index (χ4n) is 2.41. The molecule has 0 radical (unpaired) electrons. The summed E-state index contributed by atoms with van der Waals surface area (Å²) in [6, 6.07) is 4.45. The van der Waals surface area contributed by atoms with Crippen LogP contribution in [0.1, 0.15) is 36.8 Å². The molecule has 1 N–H and O–H groups in total. The quantitative estimate of drug-likeness (QED) is 0.662. The minimum atomic E-state index is -4.43. The third-order valence-electron chi connectivity index (χ3n) is 3.84. The fraction of sp³-hybridized carbons (Fsp3) is 0.375. The second-order valence-corrected chi connectivity index (χ2v) is 5.49. The van der Waals surface area contributed by atoms with E-state index in [0.29, 0.717) is 18.4 Å². The molecule has 0 spiro atoms. The smallest absolute Gasteiger partial charge is 0.416 e. The Bertz CT molecular complexity index is 628. The minimum Gasteiger partial charge on any atom is -0.481 e. The molecule has 0 aromatic heterocycles. The number of esters is 1. The van der Waals surface area contributed by atoms with Crippen LogP contribution in [0.15, 0.2) is 36.4 Å². The van der Waals surface area contributed by atoms with E-state index in [9.17, 15) is 22.8 Å². The molecule has 0 unspecified atom stereocenters. The van der Waals surface area contributed by atoms with Gasteiger partial charge < -0.3 is 9.84 Å². The van der Waals surface area contributed by atoms with Gasteiger partial charge in [-0.3, -0.25) is 4.79 Å². The molecule has 1 aromatic rings. The van der Waals surface area contributed by atoms with Crippen molar-refractivity contribution in [1.82, 2.24) is 0 Å². The Hall–Kier alpha value is -2.31. The van der Waals surface area contributed by atoms with E-state index < -0.39 is 35.7 Å². The van der Waals surface area contributed by atoms with Crippen LogP contribution >= 0.6 is 0 Å². The Morgan fingerprint density at radius 2 is 1.78 bits per heavy atom. The number of hydrogen-bond acceptors (Lipinski definition) is 3. The molecule has 0 bridgehead atoms. The average molecular weight is 328 g/mol. The summed E-state index contributed by atoms with van der Waals surface area (Å²) in [6.07, 6.45) is -3.26. The number of carboxylic acid groups (broad SMARTS) is 1. The Morgan fingerprint density at radius 3 is 2.17 bits per heavy atom. The molecule has 23 heavy (non-hydrogen) atoms. The molecule has 1 aromatic carbocycles. The maximum Gasteiger partial charge on any atom is 0.416 e. The van der Waals surface area contributed by atoms with Gasteiger partial charge in [-0.05, 0) is 37.0 Å². The molecule has 0 heterocycles. The van der Waals surface area contributed by atoms with Gasteiger partial charge in [0.25, 0.3) is 0 Å². The molecular formula is C16H15F3O4. The summed E-state index contributed by atoms with van der Waals surface area (Å²) in [7, 11) is 0. The second kappa shape index (κ2) is 6.06. The first-order valence-electron chi connectivity index (χ1n) is 6.95. The number of hydrogen-bond donors (Lipinski definition) is 1. The normalized spacial score (nSPS) is 16.3. The number of halogens is 3. The number of alkyl halides is 3. The van der Waals surface area contributed by atoms with E-state index in [1.165, 1.54) is 12.1 Å². The summed E-state index contributed by atoms with van der Waals surface area (Å²) in [6.45, 7) is 3.37. The third-order valence-corrected chi connectivity index (χ3v) is 3.84. The van der Waals surface area contributed by atoms with Gasteiger partial charge in [0.1, 0.15) is 5.60 Å². The fourth-order valence-corrected chi connectivity index (χ4v) is 2.41. The van der Waals surface area contributed by atoms with E-state index in [1.54, 1.807) is 0 Å². The molecule has 7 heteroatoms. The van der Waals surface area contributed by atoms with Crippen molar-refractivity contribution in [2.24, 2.45) is 0 Å². The first-order chi connectivity index (χ1) is 10.6. The lowest BCUT2D eigenvalue weighted by Crippen LogP contribution is -2.39. The van der Waals surface area contributed by atoms with Crippen molar-refractivity contribution in [2.75, 3.05) is 0 Å². The molecule has 0 amide bonds. The van der Waals surface area contributed by atoms with Crippen LogP contribution < -0.4 is 0 Å². The number of rotatable bonds is 5. The molecular weight excluding hydrogens is 313 g/mol. The maximum atomic E-state index is 12.6. The number of benzene rings is 1. The number of aliphatic carboxylic acids is 1. The molecule has 0 atom stereocenters. The zero-order valence-corrected chi connectivity index (χ0v) is 12.2. The van der Waals surface area contributed by atoms with Crippen LogP contribution in [0, 0.1) is 0 Å². The Kier molecular flexibility index (Phi) is 4.49. The van der Waals surface area contributed by atoms with Gasteiger partial charge in [0.15, 0.2) is 0 Å². The van der Waals surface area contributed by atoms with Gasteiger partial charge in [-0.15, -0.1) is 0 Å². The topological polar surface area (TPSA) is 63.6 Å². The van der Waals surface area contributed by atoms with Crippen molar-refractivity contribution < 1.29 is 32.6 Å². The molecule has 2 rings (SSSR count). The van der Waals surface area contributed by atoms with Crippen LogP contribution in [0.2, 0.25) is 0 Å². The first kappa shape index (κ1) is 17.1. The van der Waals surface area contributed by atoms with E-state index in [2.05, 4.69) is 6.58 Å². The van der Waals surface area contributed by atoms with Crippen molar-refractivity contribution in [2.45, 2.75) is 37.5 Å². The van der Waals surface area contributed by atoms with Crippen LogP contribution in [-0.4, -0.2) is 17.0 Å². The predicted molar refractivity (Wildman–Crippen MR) is 74.5 cm³/mol. The maximum absolute atomic E-state index is 12.6. The van der Waals surface area contributed by atoms with Crippen molar-refractivity contribution >= 4 is 11.9 Å². The molecule has 1 aliphatic carbocycles. The van der Waals surface area contributed by atoms with Crippen LogP contribution in [0.5, 0.6) is 0 Å². The SMILES string of the molecule is C=C(CC(=O)O)C(=O)OC1(c2ccc(C(F)(F)F)cc2)CCC1. The molecule has 1 saturated carbocycles. The molecule has 0 saturated heterocycles. The van der Waals surface area contributed by atoms with Gasteiger partial charge in [-0.25, -0.2) is 4.79 Å². The molecule has 4 nitrogen and oxygen atoms in total. The summed E-state index contributed by atoms with van der Waals surface area (Å²) in [5.74, 6) is -2.05. The van der Waals surface area contributed by atoms with Crippen LogP contribution in [0.25, 0.3) is 0 Å². The van der Waals surface area contributed by atoms with Crippen molar-refractivity contribution in [3.8, 4) is 0 Å². The van der Waals surface area contributed by atoms with E-state index >= 15 is 0 Å². The van der Waals surface area contributed by atoms with Gasteiger partial charge in [0.05, 0.1) is 12.0 Å². The van der Waals surface area contributed by atoms with Crippen LogP contribution in [0.4, 0.5) is 13.2 Å². The van der Waals surface area contributed by atoms with Gasteiger partial charge in [-0.1, -0.05) is 18.7 Å². The summed E-state index contributed by atoms with van der Waals surface area (Å²) in [5.41, 5.74) is -1.51. The summed E-state index contributed by atoms with van der Waals surface area (Å²) >= 11 is 0. The average Bonchev–Trinajstić information content (AvgIpc) is 2.41. The highest BCUT2D eigenvalue weighted by Gasteiger charge is 2.43. The number of carbonyl (C=O) groups is 2. The van der Waals surface area contributed by atoms with Gasteiger partial charge in [0, 0.05) is 5.57 Å². The highest BCUT2D eigenvalue weighted by atomic mass is 19.4. The molecule has 0 aliphatic heterocycles. The summed E-state index contributed by atoms with van der Waals surface area (Å²) < 4.78 is 43.2. The Labute approximate surface area is 130 Å². The van der Waals surface area contributed by atoms with Crippen LogP contribution in [-0.2, 0) is 26.1 Å². The predicted octanol–water partition coefficient (Wildman–Crippen LogP) is 3.66. The summed E-state index contributed by atoms with van der Waals surface area (Å²) in [5, 5.41) is 8.65. The summed E-state index contributed by atoms with van der Waals surface area (Å²) in [4.78, 5) is 22.5. The molecule has 1 fully saturated rings. The zero-order valence-electron chi connectivity index (χ0n) is 12.2. The lowest BCUT2D eigenvalue weighted by Gasteiger charge is -2.41. The number of ether oxygens (including phenoxy) is 1. The Morgan fingerprint density at radius 1 is 1.22 bits per heavy atom. The lowest BCUT2D eigenvalue weighted by molar-refractivity contribution is -0.167. The minimum absolute atomic E-state index is 0.198. The van der Waals surface area contributed by atoms with Crippen LogP contribution in [0.3, 0.4) is 0 Å². The highest BCUT2D eigenvalue weighted by molar-refractivity contribution is 5.93. The monoisotopic (exact) mass is 328 g/mol. The van der Waals surface area contributed by atoms with Crippen molar-refractivity contribution in [3.63, 3.8) is 0 Å². The standard InChI is InChI=1S/C16H15F3O4/c1-10(9-13(20)21)14(22)23-15(7-2-8-15)11-3-5-12(6-4-11)16(17,18)19/h3-6H,1-2,7-9H2,(H,20,21). The largest absolute Gasteiger partial charge is 0.481 e. The molecule has 124 valence electrons. The van der Waals surface area contributed by atoms with Gasteiger partial charge >= 0.3 is 18.1 Å². The highest BCUT2D eigenvalue weighted by Crippen LogP contribution is 2.45. The second-order valence-electron chi connectivity index (χ2n) is 5.49. The third kappa shape index (κ3) is 3.72. The van der Waals surface area contributed by atoms with E-state index in [1.807, 2.05) is 0 Å². The van der Waals surface area contributed by atoms with Crippen molar-refractivity contribution in [3.05, 3.63) is 47.5 Å². The van der Waals surface area contributed by atoms with Gasteiger partial charge in [0.2, 0.25) is 0 Å². The lowest BCUT2D eigenvalue weighted by atomic mass is 9.74. The first-order valence-corrected chi connectivity index (χ1v) is 6.95. The molecule has 1 aliphatic rings. The number of carbonyl (C=O) groups excluding carboxylic acids is 1. The Balaban J connectivity index is 2.16. The van der Waals surface area contributed by atoms with Gasteiger partial charge in [-0.2, -0.15) is 13.2 Å². The number of carboxylic acids is 1. The van der Waals surface area contributed by atoms with E-state index in [4.69, 9.17) is 9.84 Å². The van der Waals surface area contributed by atoms with Crippen molar-refractivity contribution in [1.29, 1.82) is 0 Å². The van der Waals surface area contributed by atoms with E-state index in [0.717, 1.165) is 18.6 Å².